The summed E-state index contributed by atoms with van der Waals surface area (Å²) in [5, 5.41) is 3.50. The molecule has 88 valence electrons. The highest BCUT2D eigenvalue weighted by atomic mass is 16.5. The number of anilines is 1. The Morgan fingerprint density at radius 3 is 2.81 bits per heavy atom. The number of ether oxygens (including phenoxy) is 1. The summed E-state index contributed by atoms with van der Waals surface area (Å²) in [5.41, 5.74) is 8.34. The number of rotatable bonds is 3. The SMILES string of the molecule is COc1ccc(C)cc1NC1CCCC1N. The molecule has 3 heteroatoms. The van der Waals surface area contributed by atoms with Gasteiger partial charge in [-0.3, -0.25) is 0 Å². The van der Waals surface area contributed by atoms with E-state index in [1.807, 2.05) is 6.07 Å². The Morgan fingerprint density at radius 2 is 2.19 bits per heavy atom. The molecule has 16 heavy (non-hydrogen) atoms. The summed E-state index contributed by atoms with van der Waals surface area (Å²) in [6.45, 7) is 2.08. The predicted molar refractivity (Wildman–Crippen MR) is 67.0 cm³/mol. The smallest absolute Gasteiger partial charge is 0.141 e. The van der Waals surface area contributed by atoms with Gasteiger partial charge in [-0.2, -0.15) is 0 Å². The van der Waals surface area contributed by atoms with Crippen molar-refractivity contribution < 1.29 is 4.74 Å². The molecule has 1 aliphatic carbocycles. The quantitative estimate of drug-likeness (QED) is 0.821. The van der Waals surface area contributed by atoms with Crippen LogP contribution in [0, 0.1) is 6.92 Å². The summed E-state index contributed by atoms with van der Waals surface area (Å²) in [4.78, 5) is 0. The van der Waals surface area contributed by atoms with Crippen LogP contribution >= 0.6 is 0 Å². The molecule has 1 aliphatic rings. The van der Waals surface area contributed by atoms with Gasteiger partial charge in [0, 0.05) is 12.1 Å². The zero-order valence-electron chi connectivity index (χ0n) is 9.99. The van der Waals surface area contributed by atoms with E-state index in [-0.39, 0.29) is 6.04 Å². The lowest BCUT2D eigenvalue weighted by Crippen LogP contribution is -2.35. The number of methoxy groups -OCH3 is 1. The van der Waals surface area contributed by atoms with Crippen molar-refractivity contribution in [1.29, 1.82) is 0 Å². The molecule has 1 fully saturated rings. The third-order valence-corrected chi connectivity index (χ3v) is 3.27. The second-order valence-electron chi connectivity index (χ2n) is 4.55. The summed E-state index contributed by atoms with van der Waals surface area (Å²) in [5.74, 6) is 0.893. The molecule has 0 heterocycles. The standard InChI is InChI=1S/C13H20N2O/c1-9-6-7-13(16-2)12(8-9)15-11-5-3-4-10(11)14/h6-8,10-11,15H,3-5,14H2,1-2H3. The highest BCUT2D eigenvalue weighted by Crippen LogP contribution is 2.29. The molecular formula is C13H20N2O. The minimum absolute atomic E-state index is 0.269. The summed E-state index contributed by atoms with van der Waals surface area (Å²) < 4.78 is 5.34. The molecule has 0 spiro atoms. The second-order valence-corrected chi connectivity index (χ2v) is 4.55. The minimum atomic E-state index is 0.269. The molecule has 2 rings (SSSR count). The lowest BCUT2D eigenvalue weighted by molar-refractivity contribution is 0.415. The molecule has 0 aromatic heterocycles. The first-order chi connectivity index (χ1) is 7.70. The summed E-state index contributed by atoms with van der Waals surface area (Å²) in [7, 11) is 1.70. The lowest BCUT2D eigenvalue weighted by Gasteiger charge is -2.20. The Kier molecular flexibility index (Phi) is 3.34. The van der Waals surface area contributed by atoms with Crippen LogP contribution in [0.5, 0.6) is 5.75 Å². The Balaban J connectivity index is 2.16. The van der Waals surface area contributed by atoms with Gasteiger partial charge in [-0.1, -0.05) is 6.07 Å². The van der Waals surface area contributed by atoms with Crippen LogP contribution in [0.2, 0.25) is 0 Å². The fraction of sp³-hybridized carbons (Fsp3) is 0.538. The van der Waals surface area contributed by atoms with Gasteiger partial charge in [-0.05, 0) is 43.9 Å². The topological polar surface area (TPSA) is 47.3 Å². The van der Waals surface area contributed by atoms with Crippen molar-refractivity contribution in [2.45, 2.75) is 38.3 Å². The molecule has 3 nitrogen and oxygen atoms in total. The average molecular weight is 220 g/mol. The maximum atomic E-state index is 6.05. The van der Waals surface area contributed by atoms with Crippen LogP contribution in [0.4, 0.5) is 5.69 Å². The van der Waals surface area contributed by atoms with Gasteiger partial charge in [0.1, 0.15) is 5.75 Å². The van der Waals surface area contributed by atoms with Crippen LogP contribution < -0.4 is 15.8 Å². The van der Waals surface area contributed by atoms with E-state index >= 15 is 0 Å². The van der Waals surface area contributed by atoms with Crippen molar-refractivity contribution in [2.75, 3.05) is 12.4 Å². The molecule has 0 aliphatic heterocycles. The molecule has 0 amide bonds. The minimum Gasteiger partial charge on any atom is -0.495 e. The Hall–Kier alpha value is -1.22. The van der Waals surface area contributed by atoms with E-state index in [9.17, 15) is 0 Å². The van der Waals surface area contributed by atoms with Gasteiger partial charge in [0.25, 0.3) is 0 Å². The first-order valence-electron chi connectivity index (χ1n) is 5.87. The van der Waals surface area contributed by atoms with E-state index in [4.69, 9.17) is 10.5 Å². The second kappa shape index (κ2) is 4.74. The van der Waals surface area contributed by atoms with E-state index in [2.05, 4.69) is 24.4 Å². The Bertz CT molecular complexity index is 365. The van der Waals surface area contributed by atoms with E-state index in [0.717, 1.165) is 24.3 Å². The number of aryl methyl sites for hydroxylation is 1. The van der Waals surface area contributed by atoms with Gasteiger partial charge in [-0.15, -0.1) is 0 Å². The molecule has 1 aromatic carbocycles. The van der Waals surface area contributed by atoms with Crippen LogP contribution in [-0.4, -0.2) is 19.2 Å². The first-order valence-corrected chi connectivity index (χ1v) is 5.87. The Labute approximate surface area is 97.0 Å². The summed E-state index contributed by atoms with van der Waals surface area (Å²) in [6.07, 6.45) is 3.48. The van der Waals surface area contributed by atoms with Gasteiger partial charge in [0.15, 0.2) is 0 Å². The maximum Gasteiger partial charge on any atom is 0.141 e. The van der Waals surface area contributed by atoms with E-state index in [1.54, 1.807) is 7.11 Å². The fourth-order valence-corrected chi connectivity index (χ4v) is 2.30. The van der Waals surface area contributed by atoms with Gasteiger partial charge in [-0.25, -0.2) is 0 Å². The largest absolute Gasteiger partial charge is 0.495 e. The van der Waals surface area contributed by atoms with Crippen molar-refractivity contribution in [3.63, 3.8) is 0 Å². The normalized spacial score (nSPS) is 24.4. The highest BCUT2D eigenvalue weighted by molar-refractivity contribution is 5.58. The van der Waals surface area contributed by atoms with Crippen LogP contribution in [-0.2, 0) is 0 Å². The van der Waals surface area contributed by atoms with E-state index in [0.29, 0.717) is 6.04 Å². The van der Waals surface area contributed by atoms with Crippen LogP contribution in [0.1, 0.15) is 24.8 Å². The number of nitrogens with one attached hydrogen (secondary N) is 1. The van der Waals surface area contributed by atoms with E-state index in [1.165, 1.54) is 12.0 Å². The molecule has 2 atom stereocenters. The van der Waals surface area contributed by atoms with Crippen molar-refractivity contribution >= 4 is 5.69 Å². The third kappa shape index (κ3) is 2.30. The maximum absolute atomic E-state index is 6.05. The molecule has 1 aromatic rings. The van der Waals surface area contributed by atoms with Crippen LogP contribution in [0.15, 0.2) is 18.2 Å². The van der Waals surface area contributed by atoms with Crippen LogP contribution in [0.25, 0.3) is 0 Å². The molecule has 3 N–H and O–H groups in total. The predicted octanol–water partition coefficient (Wildman–Crippen LogP) is 2.30. The lowest BCUT2D eigenvalue weighted by atomic mass is 10.1. The first kappa shape index (κ1) is 11.3. The van der Waals surface area contributed by atoms with Gasteiger partial charge in [0.2, 0.25) is 0 Å². The summed E-state index contributed by atoms with van der Waals surface area (Å²) >= 11 is 0. The zero-order chi connectivity index (χ0) is 11.5. The number of hydrogen-bond acceptors (Lipinski definition) is 3. The van der Waals surface area contributed by atoms with Crippen molar-refractivity contribution in [2.24, 2.45) is 5.73 Å². The van der Waals surface area contributed by atoms with Crippen molar-refractivity contribution in [3.8, 4) is 5.75 Å². The van der Waals surface area contributed by atoms with Crippen molar-refractivity contribution in [3.05, 3.63) is 23.8 Å². The summed E-state index contributed by atoms with van der Waals surface area (Å²) in [6, 6.07) is 6.82. The number of benzene rings is 1. The molecule has 0 saturated heterocycles. The van der Waals surface area contributed by atoms with Gasteiger partial charge in [0.05, 0.1) is 12.8 Å². The van der Waals surface area contributed by atoms with Crippen LogP contribution in [0.3, 0.4) is 0 Å². The van der Waals surface area contributed by atoms with E-state index < -0.39 is 0 Å². The molecule has 1 saturated carbocycles. The number of hydrogen-bond donors (Lipinski definition) is 2. The Morgan fingerprint density at radius 1 is 1.38 bits per heavy atom. The average Bonchev–Trinajstić information content (AvgIpc) is 2.65. The van der Waals surface area contributed by atoms with Gasteiger partial charge < -0.3 is 15.8 Å². The monoisotopic (exact) mass is 220 g/mol. The fourth-order valence-electron chi connectivity index (χ4n) is 2.30. The molecule has 0 bridgehead atoms. The van der Waals surface area contributed by atoms with Gasteiger partial charge >= 0.3 is 0 Å². The zero-order valence-corrected chi connectivity index (χ0v) is 9.99. The molecular weight excluding hydrogens is 200 g/mol. The van der Waals surface area contributed by atoms with Crippen molar-refractivity contribution in [1.82, 2.24) is 0 Å². The highest BCUT2D eigenvalue weighted by Gasteiger charge is 2.24. The molecule has 0 radical (unpaired) electrons. The third-order valence-electron chi connectivity index (χ3n) is 3.27. The number of nitrogens with two attached hydrogens (primary N) is 1. The molecule has 2 unspecified atom stereocenters.